The van der Waals surface area contributed by atoms with Crippen molar-refractivity contribution in [3.63, 3.8) is 0 Å². The molecule has 2 unspecified atom stereocenters. The fourth-order valence-electron chi connectivity index (χ4n) is 4.14. The molecule has 1 heterocycles. The number of aryl methyl sites for hydroxylation is 1. The third-order valence-electron chi connectivity index (χ3n) is 5.79. The van der Waals surface area contributed by atoms with Crippen molar-refractivity contribution in [1.29, 1.82) is 0 Å². The van der Waals surface area contributed by atoms with Gasteiger partial charge < -0.3 is 15.3 Å². The van der Waals surface area contributed by atoms with Crippen LogP contribution in [0.5, 0.6) is 0 Å². The van der Waals surface area contributed by atoms with Gasteiger partial charge in [-0.05, 0) is 60.9 Å². The highest BCUT2D eigenvalue weighted by atomic mass is 19.1. The van der Waals surface area contributed by atoms with E-state index < -0.39 is 6.09 Å². The van der Waals surface area contributed by atoms with Crippen molar-refractivity contribution in [3.8, 4) is 0 Å². The zero-order valence-corrected chi connectivity index (χ0v) is 17.7. The van der Waals surface area contributed by atoms with E-state index in [4.69, 9.17) is 0 Å². The number of carbonyl (C=O) groups is 1. The maximum atomic E-state index is 14.0. The first-order valence-corrected chi connectivity index (χ1v) is 10.2. The molecule has 1 amide bonds. The number of anilines is 1. The standard InChI is InChI=1S/C24H31FN2O2/c1-16-5-7-17(8-6-16)13-18-14-19(25)9-10-21(18)26-20-11-12-27(23(28)29)22(15-20)24(2,3)4/h5-10,14,20,22,26H,11-13,15H2,1-4H3,(H,28,29). The summed E-state index contributed by atoms with van der Waals surface area (Å²) in [5, 5.41) is 13.2. The summed E-state index contributed by atoms with van der Waals surface area (Å²) in [7, 11) is 0. The molecule has 2 atom stereocenters. The molecule has 2 aromatic carbocycles. The Hall–Kier alpha value is -2.56. The SMILES string of the molecule is Cc1ccc(Cc2cc(F)ccc2NC2CCN(C(=O)O)C(C(C)(C)C)C2)cc1. The molecule has 2 N–H and O–H groups in total. The van der Waals surface area contributed by atoms with Gasteiger partial charge >= 0.3 is 6.09 Å². The van der Waals surface area contributed by atoms with Gasteiger partial charge in [0, 0.05) is 24.3 Å². The summed E-state index contributed by atoms with van der Waals surface area (Å²) >= 11 is 0. The topological polar surface area (TPSA) is 52.6 Å². The highest BCUT2D eigenvalue weighted by Crippen LogP contribution is 2.34. The number of hydrogen-bond donors (Lipinski definition) is 2. The first-order valence-electron chi connectivity index (χ1n) is 10.2. The number of amides is 1. The Balaban J connectivity index is 1.79. The fourth-order valence-corrected chi connectivity index (χ4v) is 4.14. The van der Waals surface area contributed by atoms with E-state index in [1.807, 2.05) is 6.92 Å². The summed E-state index contributed by atoms with van der Waals surface area (Å²) < 4.78 is 14.0. The third-order valence-corrected chi connectivity index (χ3v) is 5.79. The number of halogens is 1. The molecule has 0 spiro atoms. The monoisotopic (exact) mass is 398 g/mol. The second kappa shape index (κ2) is 8.44. The van der Waals surface area contributed by atoms with Crippen LogP contribution in [-0.2, 0) is 6.42 Å². The molecular weight excluding hydrogens is 367 g/mol. The van der Waals surface area contributed by atoms with E-state index in [1.54, 1.807) is 17.0 Å². The molecule has 0 bridgehead atoms. The Morgan fingerprint density at radius 2 is 1.90 bits per heavy atom. The Bertz CT molecular complexity index is 858. The van der Waals surface area contributed by atoms with Crippen LogP contribution in [0.25, 0.3) is 0 Å². The van der Waals surface area contributed by atoms with Crippen molar-refractivity contribution in [1.82, 2.24) is 4.90 Å². The van der Waals surface area contributed by atoms with Crippen LogP contribution >= 0.6 is 0 Å². The quantitative estimate of drug-likeness (QED) is 0.695. The van der Waals surface area contributed by atoms with Crippen LogP contribution in [0.4, 0.5) is 14.9 Å². The minimum Gasteiger partial charge on any atom is -0.465 e. The van der Waals surface area contributed by atoms with Gasteiger partial charge in [-0.2, -0.15) is 0 Å². The van der Waals surface area contributed by atoms with Crippen LogP contribution in [0.2, 0.25) is 0 Å². The van der Waals surface area contributed by atoms with Crippen molar-refractivity contribution in [2.75, 3.05) is 11.9 Å². The largest absolute Gasteiger partial charge is 0.465 e. The predicted molar refractivity (Wildman–Crippen MR) is 115 cm³/mol. The summed E-state index contributed by atoms with van der Waals surface area (Å²) in [6.45, 7) is 8.79. The summed E-state index contributed by atoms with van der Waals surface area (Å²) in [4.78, 5) is 13.2. The van der Waals surface area contributed by atoms with Crippen molar-refractivity contribution in [2.24, 2.45) is 5.41 Å². The van der Waals surface area contributed by atoms with Crippen molar-refractivity contribution >= 4 is 11.8 Å². The van der Waals surface area contributed by atoms with Crippen LogP contribution in [0.15, 0.2) is 42.5 Å². The molecule has 0 saturated carbocycles. The van der Waals surface area contributed by atoms with E-state index >= 15 is 0 Å². The predicted octanol–water partition coefficient (Wildman–Crippen LogP) is 5.69. The molecule has 0 aliphatic carbocycles. The van der Waals surface area contributed by atoms with E-state index in [-0.39, 0.29) is 23.3 Å². The minimum absolute atomic E-state index is 0.0627. The molecule has 0 radical (unpaired) electrons. The van der Waals surface area contributed by atoms with E-state index in [1.165, 1.54) is 11.6 Å². The van der Waals surface area contributed by atoms with E-state index in [9.17, 15) is 14.3 Å². The lowest BCUT2D eigenvalue weighted by Crippen LogP contribution is -2.54. The molecule has 4 nitrogen and oxygen atoms in total. The Labute approximate surface area is 172 Å². The fraction of sp³-hybridized carbons (Fsp3) is 0.458. The highest BCUT2D eigenvalue weighted by molar-refractivity contribution is 5.66. The van der Waals surface area contributed by atoms with Gasteiger partial charge in [0.2, 0.25) is 0 Å². The molecule has 5 heteroatoms. The molecule has 156 valence electrons. The number of carboxylic acid groups (broad SMARTS) is 1. The maximum absolute atomic E-state index is 14.0. The summed E-state index contributed by atoms with van der Waals surface area (Å²) in [5.41, 5.74) is 4.03. The van der Waals surface area contributed by atoms with E-state index in [0.29, 0.717) is 13.0 Å². The number of nitrogens with zero attached hydrogens (tertiary/aromatic N) is 1. The molecule has 3 rings (SSSR count). The molecule has 1 aliphatic heterocycles. The van der Waals surface area contributed by atoms with E-state index in [0.717, 1.165) is 29.7 Å². The lowest BCUT2D eigenvalue weighted by atomic mass is 9.79. The van der Waals surface area contributed by atoms with Gasteiger partial charge in [-0.1, -0.05) is 50.6 Å². The molecule has 1 aliphatic rings. The average molecular weight is 399 g/mol. The van der Waals surface area contributed by atoms with Crippen molar-refractivity contribution in [3.05, 3.63) is 65.0 Å². The van der Waals surface area contributed by atoms with Gasteiger partial charge in [0.1, 0.15) is 5.82 Å². The highest BCUT2D eigenvalue weighted by Gasteiger charge is 2.38. The number of nitrogens with one attached hydrogen (secondary N) is 1. The lowest BCUT2D eigenvalue weighted by molar-refractivity contribution is 0.0557. The second-order valence-corrected chi connectivity index (χ2v) is 9.19. The molecule has 29 heavy (non-hydrogen) atoms. The number of benzene rings is 2. The average Bonchev–Trinajstić information content (AvgIpc) is 2.65. The Morgan fingerprint density at radius 1 is 1.21 bits per heavy atom. The molecule has 2 aromatic rings. The zero-order chi connectivity index (χ0) is 21.2. The number of piperidine rings is 1. The van der Waals surface area contributed by atoms with E-state index in [2.05, 4.69) is 50.4 Å². The minimum atomic E-state index is -0.856. The first-order chi connectivity index (χ1) is 13.6. The van der Waals surface area contributed by atoms with Crippen LogP contribution in [0.3, 0.4) is 0 Å². The lowest BCUT2D eigenvalue weighted by Gasteiger charge is -2.45. The number of likely N-dealkylation sites (tertiary alicyclic amines) is 1. The van der Waals surface area contributed by atoms with Crippen molar-refractivity contribution < 1.29 is 14.3 Å². The van der Waals surface area contributed by atoms with Crippen LogP contribution < -0.4 is 5.32 Å². The van der Waals surface area contributed by atoms with Crippen LogP contribution in [0, 0.1) is 18.2 Å². The zero-order valence-electron chi connectivity index (χ0n) is 17.7. The molecular formula is C24H31FN2O2. The van der Waals surface area contributed by atoms with Gasteiger partial charge in [-0.15, -0.1) is 0 Å². The van der Waals surface area contributed by atoms with Crippen molar-refractivity contribution in [2.45, 2.75) is 59.0 Å². The summed E-state index contributed by atoms with van der Waals surface area (Å²) in [6.07, 6.45) is 1.26. The smallest absolute Gasteiger partial charge is 0.407 e. The van der Waals surface area contributed by atoms with Gasteiger partial charge in [-0.3, -0.25) is 0 Å². The summed E-state index contributed by atoms with van der Waals surface area (Å²) in [5.74, 6) is -0.245. The number of hydrogen-bond acceptors (Lipinski definition) is 2. The van der Waals surface area contributed by atoms with Gasteiger partial charge in [0.15, 0.2) is 0 Å². The normalized spacial score (nSPS) is 19.8. The van der Waals surface area contributed by atoms with Gasteiger partial charge in [-0.25, -0.2) is 9.18 Å². The van der Waals surface area contributed by atoms with Gasteiger partial charge in [0.25, 0.3) is 0 Å². The summed E-state index contributed by atoms with van der Waals surface area (Å²) in [6, 6.07) is 13.2. The first kappa shape index (κ1) is 21.2. The van der Waals surface area contributed by atoms with Crippen LogP contribution in [0.1, 0.15) is 50.3 Å². The third kappa shape index (κ3) is 5.28. The number of rotatable bonds is 4. The van der Waals surface area contributed by atoms with Gasteiger partial charge in [0.05, 0.1) is 0 Å². The molecule has 1 saturated heterocycles. The molecule has 0 aromatic heterocycles. The van der Waals surface area contributed by atoms with Crippen LogP contribution in [-0.4, -0.2) is 34.7 Å². The second-order valence-electron chi connectivity index (χ2n) is 9.19. The molecule has 1 fully saturated rings. The Morgan fingerprint density at radius 3 is 2.52 bits per heavy atom. The Kier molecular flexibility index (Phi) is 6.15. The maximum Gasteiger partial charge on any atom is 0.407 e.